The van der Waals surface area contributed by atoms with E-state index in [9.17, 15) is 13.0 Å². The molecule has 0 heterocycles. The Hall–Kier alpha value is -2.43. The van der Waals surface area contributed by atoms with Crippen molar-refractivity contribution >= 4 is 10.1 Å². The van der Waals surface area contributed by atoms with Gasteiger partial charge in [-0.05, 0) is 29.7 Å². The van der Waals surface area contributed by atoms with Crippen LogP contribution in [0.2, 0.25) is 0 Å². The molecule has 188 valence electrons. The molecule has 0 radical (unpaired) electrons. The van der Waals surface area contributed by atoms with Crippen LogP contribution < -0.4 is 0 Å². The average molecular weight is 476 g/mol. The topological polar surface area (TPSA) is 57.2 Å². The van der Waals surface area contributed by atoms with Crippen LogP contribution in [0.5, 0.6) is 0 Å². The first-order valence-corrected chi connectivity index (χ1v) is 13.6. The van der Waals surface area contributed by atoms with Gasteiger partial charge in [-0.3, -0.25) is 0 Å². The van der Waals surface area contributed by atoms with E-state index in [4.69, 9.17) is 0 Å². The highest BCUT2D eigenvalue weighted by Gasteiger charge is 1.96. The summed E-state index contributed by atoms with van der Waals surface area (Å²) in [7, 11) is -4.25. The van der Waals surface area contributed by atoms with E-state index in [2.05, 4.69) is 60.7 Å². The third kappa shape index (κ3) is 22.6. The number of hydrogen-bond acceptors (Lipinski definition) is 3. The minimum absolute atomic E-state index is 0.185. The van der Waals surface area contributed by atoms with Gasteiger partial charge in [-0.1, -0.05) is 148 Å². The minimum atomic E-state index is -4.25. The molecule has 0 atom stereocenters. The average Bonchev–Trinajstić information content (AvgIpc) is 2.92. The molecule has 0 unspecified atom stereocenters. The molecule has 0 spiro atoms. The van der Waals surface area contributed by atoms with Crippen LogP contribution in [-0.4, -0.2) is 13.0 Å². The molecular weight excluding hydrogens is 428 g/mol. The van der Waals surface area contributed by atoms with Crippen LogP contribution in [0.1, 0.15) is 80.4 Å². The summed E-state index contributed by atoms with van der Waals surface area (Å²) < 4.78 is 30.8. The van der Waals surface area contributed by atoms with Gasteiger partial charge in [0.05, 0.1) is 4.90 Å². The lowest BCUT2D eigenvalue weighted by Crippen LogP contribution is -1.96. The Labute approximate surface area is 205 Å². The molecule has 0 amide bonds. The van der Waals surface area contributed by atoms with Gasteiger partial charge in [-0.2, -0.15) is 0 Å². The van der Waals surface area contributed by atoms with Crippen LogP contribution in [0.4, 0.5) is 0 Å². The third-order valence-corrected chi connectivity index (χ3v) is 3.98. The molecule has 4 heteroatoms. The van der Waals surface area contributed by atoms with Crippen LogP contribution in [0, 0.1) is 0 Å². The lowest BCUT2D eigenvalue weighted by Gasteiger charge is -2.04. The predicted molar refractivity (Wildman–Crippen MR) is 147 cm³/mol. The first-order chi connectivity index (χ1) is 16.1. The normalized spacial score (nSPS) is 8.21. The van der Waals surface area contributed by atoms with Gasteiger partial charge in [0.15, 0.2) is 0 Å². The Morgan fingerprint density at radius 3 is 0.939 bits per heavy atom. The predicted octanol–water partition coefficient (Wildman–Crippen LogP) is 9.00. The maximum atomic E-state index is 10.3. The summed E-state index contributed by atoms with van der Waals surface area (Å²) in [5.41, 5.74) is 2.74. The standard InChI is InChI=1S/C13H12.C6H6O3S.5C2H6/c1-3-7-12(8-4-1)11-13-9-5-2-6-10-13;7-10(8,9)6-4-2-1-3-5-6;5*1-2/h1-10H,11H2;1-5H,(H,7,8,9);5*1-2H3/p-1. The molecule has 33 heavy (non-hydrogen) atoms. The van der Waals surface area contributed by atoms with Gasteiger partial charge in [0.1, 0.15) is 10.1 Å². The van der Waals surface area contributed by atoms with Gasteiger partial charge in [0.2, 0.25) is 0 Å². The number of hydrogen-bond donors (Lipinski definition) is 0. The maximum absolute atomic E-state index is 10.3. The van der Waals surface area contributed by atoms with E-state index < -0.39 is 10.1 Å². The Kier molecular flexibility index (Phi) is 33.9. The van der Waals surface area contributed by atoms with Crippen molar-refractivity contribution < 1.29 is 13.0 Å². The molecule has 0 aliphatic rings. The SMILES string of the molecule is CC.CC.CC.CC.CC.O=S(=O)([O-])c1ccccc1.c1ccc(Cc2ccccc2)cc1. The first-order valence-electron chi connectivity index (χ1n) is 12.1. The molecule has 0 aliphatic heterocycles. The molecule has 0 bridgehead atoms. The van der Waals surface area contributed by atoms with E-state index in [-0.39, 0.29) is 4.90 Å². The lowest BCUT2D eigenvalue weighted by molar-refractivity contribution is 0.463. The van der Waals surface area contributed by atoms with Crippen molar-refractivity contribution in [1.82, 2.24) is 0 Å². The van der Waals surface area contributed by atoms with E-state index in [1.165, 1.54) is 35.4 Å². The summed E-state index contributed by atoms with van der Waals surface area (Å²) in [6.07, 6.45) is 1.03. The highest BCUT2D eigenvalue weighted by molar-refractivity contribution is 7.85. The van der Waals surface area contributed by atoms with Gasteiger partial charge in [-0.25, -0.2) is 8.42 Å². The maximum Gasteiger partial charge on any atom is 0.124 e. The van der Waals surface area contributed by atoms with E-state index in [0.29, 0.717) is 0 Å². The summed E-state index contributed by atoms with van der Waals surface area (Å²) in [6.45, 7) is 20.0. The summed E-state index contributed by atoms with van der Waals surface area (Å²) in [6, 6.07) is 28.3. The smallest absolute Gasteiger partial charge is 0.124 e. The summed E-state index contributed by atoms with van der Waals surface area (Å²) in [5.74, 6) is 0. The monoisotopic (exact) mass is 475 g/mol. The molecule has 0 N–H and O–H groups in total. The zero-order valence-electron chi connectivity index (χ0n) is 22.5. The molecule has 3 rings (SSSR count). The van der Waals surface area contributed by atoms with Crippen LogP contribution in [-0.2, 0) is 16.5 Å². The van der Waals surface area contributed by atoms with Crippen LogP contribution in [0.3, 0.4) is 0 Å². The highest BCUT2D eigenvalue weighted by Crippen LogP contribution is 2.08. The highest BCUT2D eigenvalue weighted by atomic mass is 32.2. The Morgan fingerprint density at radius 2 is 0.727 bits per heavy atom. The summed E-state index contributed by atoms with van der Waals surface area (Å²) in [4.78, 5) is -0.185. The Morgan fingerprint density at radius 1 is 0.485 bits per heavy atom. The minimum Gasteiger partial charge on any atom is -0.744 e. The van der Waals surface area contributed by atoms with Crippen molar-refractivity contribution in [1.29, 1.82) is 0 Å². The van der Waals surface area contributed by atoms with Crippen LogP contribution in [0.25, 0.3) is 0 Å². The van der Waals surface area contributed by atoms with Crippen LogP contribution >= 0.6 is 0 Å². The van der Waals surface area contributed by atoms with Crippen molar-refractivity contribution in [3.63, 3.8) is 0 Å². The quantitative estimate of drug-likeness (QED) is 0.355. The Balaban J connectivity index is -0.000000188. The molecule has 0 fully saturated rings. The van der Waals surface area contributed by atoms with Gasteiger partial charge >= 0.3 is 0 Å². The number of rotatable bonds is 3. The van der Waals surface area contributed by atoms with Crippen molar-refractivity contribution in [2.24, 2.45) is 0 Å². The summed E-state index contributed by atoms with van der Waals surface area (Å²) >= 11 is 0. The zero-order valence-corrected chi connectivity index (χ0v) is 23.3. The zero-order chi connectivity index (χ0) is 26.5. The molecular formula is C29H47O3S-. The molecule has 0 saturated carbocycles. The second kappa shape index (κ2) is 29.6. The second-order valence-corrected chi connectivity index (χ2v) is 6.29. The van der Waals surface area contributed by atoms with Crippen molar-refractivity contribution in [3.05, 3.63) is 102 Å². The summed E-state index contributed by atoms with van der Waals surface area (Å²) in [5, 5.41) is 0. The van der Waals surface area contributed by atoms with E-state index in [1.807, 2.05) is 69.2 Å². The van der Waals surface area contributed by atoms with Gasteiger partial charge in [-0.15, -0.1) is 0 Å². The largest absolute Gasteiger partial charge is 0.744 e. The fourth-order valence-electron chi connectivity index (χ4n) is 2.01. The molecule has 3 aromatic carbocycles. The van der Waals surface area contributed by atoms with E-state index in [0.717, 1.165) is 6.42 Å². The van der Waals surface area contributed by atoms with Gasteiger partial charge in [0, 0.05) is 0 Å². The van der Waals surface area contributed by atoms with Crippen molar-refractivity contribution in [2.75, 3.05) is 0 Å². The molecule has 0 aliphatic carbocycles. The van der Waals surface area contributed by atoms with Crippen molar-refractivity contribution in [3.8, 4) is 0 Å². The Bertz CT molecular complexity index is 764. The molecule has 3 nitrogen and oxygen atoms in total. The third-order valence-electron chi connectivity index (χ3n) is 3.13. The first kappa shape index (κ1) is 37.9. The lowest BCUT2D eigenvalue weighted by atomic mass is 10.1. The molecule has 0 saturated heterocycles. The fourth-order valence-corrected chi connectivity index (χ4v) is 2.51. The fraction of sp³-hybridized carbons (Fsp3) is 0.379. The van der Waals surface area contributed by atoms with Gasteiger partial charge < -0.3 is 4.55 Å². The van der Waals surface area contributed by atoms with Crippen LogP contribution in [0.15, 0.2) is 95.9 Å². The van der Waals surface area contributed by atoms with E-state index >= 15 is 0 Å². The van der Waals surface area contributed by atoms with Gasteiger partial charge in [0.25, 0.3) is 0 Å². The molecule has 3 aromatic rings. The molecule has 0 aromatic heterocycles. The van der Waals surface area contributed by atoms with E-state index in [1.54, 1.807) is 6.07 Å². The second-order valence-electron chi connectivity index (χ2n) is 4.92. The van der Waals surface area contributed by atoms with Crippen molar-refractivity contribution in [2.45, 2.75) is 80.6 Å². The number of benzene rings is 3.